The molecule has 0 aliphatic heterocycles. The minimum atomic E-state index is -4.67. The molecule has 3 rings (SSSR count). The number of carbonyl (C=O) groups excluding carboxylic acids is 3. The first-order valence-corrected chi connectivity index (χ1v) is 9.67. The van der Waals surface area contributed by atoms with Crippen molar-refractivity contribution < 1.29 is 36.9 Å². The van der Waals surface area contributed by atoms with Crippen molar-refractivity contribution in [1.29, 1.82) is 0 Å². The van der Waals surface area contributed by atoms with Gasteiger partial charge in [-0.05, 0) is 30.3 Å². The van der Waals surface area contributed by atoms with Gasteiger partial charge in [0.15, 0.2) is 5.76 Å². The number of furan rings is 1. The molecule has 3 aromatic rings. The summed E-state index contributed by atoms with van der Waals surface area (Å²) >= 11 is 0. The van der Waals surface area contributed by atoms with Crippen LogP contribution in [0.15, 0.2) is 65.1 Å². The van der Waals surface area contributed by atoms with E-state index in [1.165, 1.54) is 12.1 Å². The largest absolute Gasteiger partial charge is 0.451 e. The fourth-order valence-electron chi connectivity index (χ4n) is 2.85. The van der Waals surface area contributed by atoms with Crippen LogP contribution < -0.4 is 16.6 Å². The first-order valence-electron chi connectivity index (χ1n) is 9.67. The fourth-order valence-corrected chi connectivity index (χ4v) is 2.85. The summed E-state index contributed by atoms with van der Waals surface area (Å²) in [6, 6.07) is 11.2. The van der Waals surface area contributed by atoms with E-state index in [9.17, 15) is 37.7 Å². The maximum absolute atomic E-state index is 13.3. The van der Waals surface area contributed by atoms with E-state index in [4.69, 9.17) is 10.2 Å². The lowest BCUT2D eigenvalue weighted by molar-refractivity contribution is -0.384. The SMILES string of the molecule is NCC(=O)N(NC(=O)c1ccc([N+](=O)[O-])cc1)NC(=O)c1ccc(-c2ccccc2C(F)(F)F)o1. The molecule has 14 heteroatoms. The Bertz CT molecular complexity index is 1270. The van der Waals surface area contributed by atoms with Crippen LogP contribution in [0.5, 0.6) is 0 Å². The molecule has 3 amide bonds. The lowest BCUT2D eigenvalue weighted by Gasteiger charge is -2.22. The van der Waals surface area contributed by atoms with E-state index >= 15 is 0 Å². The summed E-state index contributed by atoms with van der Waals surface area (Å²) in [4.78, 5) is 47.1. The quantitative estimate of drug-likeness (QED) is 0.365. The van der Waals surface area contributed by atoms with Crippen molar-refractivity contribution in [3.05, 3.63) is 87.7 Å². The van der Waals surface area contributed by atoms with Crippen LogP contribution in [0.2, 0.25) is 0 Å². The second kappa shape index (κ2) is 10.0. The molecule has 0 aliphatic rings. The van der Waals surface area contributed by atoms with Crippen molar-refractivity contribution in [2.24, 2.45) is 5.73 Å². The van der Waals surface area contributed by atoms with Gasteiger partial charge in [0.1, 0.15) is 5.76 Å². The summed E-state index contributed by atoms with van der Waals surface area (Å²) in [6.45, 7) is -0.636. The summed E-state index contributed by atoms with van der Waals surface area (Å²) in [7, 11) is 0. The summed E-state index contributed by atoms with van der Waals surface area (Å²) < 4.78 is 45.1. The van der Waals surface area contributed by atoms with E-state index in [1.54, 1.807) is 0 Å². The van der Waals surface area contributed by atoms with Gasteiger partial charge in [0.05, 0.1) is 17.0 Å². The Morgan fingerprint density at radius 1 is 0.971 bits per heavy atom. The number of hydrogen-bond donors (Lipinski definition) is 3. The molecule has 2 aromatic carbocycles. The number of rotatable bonds is 5. The lowest BCUT2D eigenvalue weighted by Crippen LogP contribution is -2.57. The summed E-state index contributed by atoms with van der Waals surface area (Å²) in [5, 5.41) is 11.1. The van der Waals surface area contributed by atoms with E-state index in [2.05, 4.69) is 5.43 Å². The number of non-ortho nitro benzene ring substituents is 1. The van der Waals surface area contributed by atoms with Gasteiger partial charge in [0.2, 0.25) is 0 Å². The number of nitrogens with one attached hydrogen (secondary N) is 2. The number of hydrazine groups is 2. The van der Waals surface area contributed by atoms with Gasteiger partial charge in [-0.1, -0.05) is 18.2 Å². The van der Waals surface area contributed by atoms with Crippen molar-refractivity contribution in [1.82, 2.24) is 16.0 Å². The summed E-state index contributed by atoms with van der Waals surface area (Å²) in [5.74, 6) is -3.67. The standard InChI is InChI=1S/C21H16F3N5O6/c22-21(23,24)15-4-2-1-3-14(15)16-9-10-17(35-16)20(32)27-28(18(30)11-25)26-19(31)12-5-7-13(8-6-12)29(33)34/h1-10H,11,25H2,(H,26,31)(H,27,32). The third-order valence-corrected chi connectivity index (χ3v) is 4.52. The second-order valence-corrected chi connectivity index (χ2v) is 6.83. The Kier molecular flexibility index (Phi) is 7.15. The molecule has 0 radical (unpaired) electrons. The normalized spacial score (nSPS) is 11.0. The molecule has 0 spiro atoms. The molecule has 0 bridgehead atoms. The van der Waals surface area contributed by atoms with E-state index in [0.717, 1.165) is 48.5 Å². The zero-order valence-corrected chi connectivity index (χ0v) is 17.5. The van der Waals surface area contributed by atoms with Crippen LogP contribution in [-0.4, -0.2) is 34.3 Å². The number of nitrogens with zero attached hydrogens (tertiary/aromatic N) is 2. The van der Waals surface area contributed by atoms with Gasteiger partial charge in [-0.25, -0.2) is 10.9 Å². The average molecular weight is 491 g/mol. The minimum Gasteiger partial charge on any atom is -0.451 e. The molecule has 0 saturated heterocycles. The molecule has 4 N–H and O–H groups in total. The van der Waals surface area contributed by atoms with Gasteiger partial charge >= 0.3 is 12.1 Å². The van der Waals surface area contributed by atoms with Crippen molar-refractivity contribution in [3.63, 3.8) is 0 Å². The summed E-state index contributed by atoms with van der Waals surface area (Å²) in [5.41, 5.74) is 7.77. The van der Waals surface area contributed by atoms with Crippen LogP contribution in [0.3, 0.4) is 0 Å². The third-order valence-electron chi connectivity index (χ3n) is 4.52. The van der Waals surface area contributed by atoms with Crippen molar-refractivity contribution in [2.45, 2.75) is 6.18 Å². The van der Waals surface area contributed by atoms with Crippen molar-refractivity contribution in [2.75, 3.05) is 6.54 Å². The van der Waals surface area contributed by atoms with Gasteiger partial charge in [0.25, 0.3) is 17.5 Å². The highest BCUT2D eigenvalue weighted by Gasteiger charge is 2.34. The minimum absolute atomic E-state index is 0.0799. The average Bonchev–Trinajstić information content (AvgIpc) is 3.33. The monoisotopic (exact) mass is 491 g/mol. The Morgan fingerprint density at radius 3 is 2.20 bits per heavy atom. The zero-order chi connectivity index (χ0) is 25.8. The highest BCUT2D eigenvalue weighted by Crippen LogP contribution is 2.37. The Labute approximate surface area is 194 Å². The molecule has 35 heavy (non-hydrogen) atoms. The molecule has 182 valence electrons. The van der Waals surface area contributed by atoms with E-state index < -0.39 is 46.7 Å². The first kappa shape index (κ1) is 24.9. The van der Waals surface area contributed by atoms with Gasteiger partial charge in [-0.3, -0.25) is 24.5 Å². The molecule has 0 saturated carbocycles. The molecule has 11 nitrogen and oxygen atoms in total. The molecule has 1 aromatic heterocycles. The number of benzene rings is 2. The van der Waals surface area contributed by atoms with Gasteiger partial charge in [-0.15, -0.1) is 0 Å². The number of nitro benzene ring substituents is 1. The third kappa shape index (κ3) is 5.80. The maximum Gasteiger partial charge on any atom is 0.417 e. The van der Waals surface area contributed by atoms with Gasteiger partial charge in [0, 0.05) is 23.3 Å². The molecular formula is C21H16F3N5O6. The predicted molar refractivity (Wildman–Crippen MR) is 113 cm³/mol. The zero-order valence-electron chi connectivity index (χ0n) is 17.5. The Balaban J connectivity index is 1.78. The van der Waals surface area contributed by atoms with Crippen LogP contribution in [-0.2, 0) is 11.0 Å². The second-order valence-electron chi connectivity index (χ2n) is 6.83. The van der Waals surface area contributed by atoms with Crippen LogP contribution >= 0.6 is 0 Å². The lowest BCUT2D eigenvalue weighted by atomic mass is 10.1. The summed E-state index contributed by atoms with van der Waals surface area (Å²) in [6.07, 6.45) is -4.67. The number of nitrogens with two attached hydrogens (primary N) is 1. The van der Waals surface area contributed by atoms with Crippen LogP contribution in [0, 0.1) is 10.1 Å². The number of hydrogen-bond acceptors (Lipinski definition) is 7. The number of halogens is 3. The number of nitro groups is 1. The molecule has 1 heterocycles. The van der Waals surface area contributed by atoms with E-state index in [-0.39, 0.29) is 22.6 Å². The topological polar surface area (TPSA) is 161 Å². The van der Waals surface area contributed by atoms with E-state index in [0.29, 0.717) is 5.12 Å². The molecule has 0 atom stereocenters. The highest BCUT2D eigenvalue weighted by atomic mass is 19.4. The fraction of sp³-hybridized carbons (Fsp3) is 0.0952. The van der Waals surface area contributed by atoms with Gasteiger partial charge in [-0.2, -0.15) is 18.3 Å². The molecule has 0 aliphatic carbocycles. The number of alkyl halides is 3. The van der Waals surface area contributed by atoms with Crippen LogP contribution in [0.25, 0.3) is 11.3 Å². The van der Waals surface area contributed by atoms with Crippen molar-refractivity contribution >= 4 is 23.4 Å². The Hall–Kier alpha value is -4.72. The first-order chi connectivity index (χ1) is 16.5. The van der Waals surface area contributed by atoms with Crippen molar-refractivity contribution in [3.8, 4) is 11.3 Å². The number of carbonyl (C=O) groups is 3. The smallest absolute Gasteiger partial charge is 0.417 e. The molecular weight excluding hydrogens is 475 g/mol. The Morgan fingerprint density at radius 2 is 1.60 bits per heavy atom. The van der Waals surface area contributed by atoms with E-state index in [1.807, 2.05) is 5.43 Å². The highest BCUT2D eigenvalue weighted by molar-refractivity contribution is 5.97. The number of amides is 3. The van der Waals surface area contributed by atoms with Crippen LogP contribution in [0.1, 0.15) is 26.5 Å². The molecule has 0 fully saturated rings. The maximum atomic E-state index is 13.3. The van der Waals surface area contributed by atoms with Gasteiger partial charge < -0.3 is 10.2 Å². The van der Waals surface area contributed by atoms with Crippen LogP contribution in [0.4, 0.5) is 18.9 Å². The predicted octanol–water partition coefficient (Wildman–Crippen LogP) is 2.65. The molecule has 0 unspecified atom stereocenters.